The Morgan fingerprint density at radius 1 is 1.08 bits per heavy atom. The number of rotatable bonds is 5. The van der Waals surface area contributed by atoms with Gasteiger partial charge in [-0.25, -0.2) is 0 Å². The van der Waals surface area contributed by atoms with Gasteiger partial charge in [-0.1, -0.05) is 48.5 Å². The Hall–Kier alpha value is -2.68. The molecule has 3 nitrogen and oxygen atoms in total. The number of benzene rings is 2. The Balaban J connectivity index is 1.70. The van der Waals surface area contributed by atoms with Crippen molar-refractivity contribution in [3.63, 3.8) is 0 Å². The van der Waals surface area contributed by atoms with Crippen LogP contribution in [0.3, 0.4) is 0 Å². The first kappa shape index (κ1) is 16.2. The van der Waals surface area contributed by atoms with Crippen LogP contribution in [0.25, 0.3) is 10.9 Å². The van der Waals surface area contributed by atoms with Gasteiger partial charge >= 0.3 is 0 Å². The van der Waals surface area contributed by atoms with Gasteiger partial charge in [0.2, 0.25) is 0 Å². The van der Waals surface area contributed by atoms with Crippen LogP contribution in [0.4, 0.5) is 0 Å². The molecule has 0 aliphatic heterocycles. The van der Waals surface area contributed by atoms with Gasteiger partial charge in [0.05, 0.1) is 11.1 Å². The van der Waals surface area contributed by atoms with Crippen LogP contribution in [-0.2, 0) is 6.42 Å². The number of hydrogen-bond donors (Lipinski definition) is 1. The van der Waals surface area contributed by atoms with Crippen molar-refractivity contribution in [3.05, 3.63) is 77.5 Å². The summed E-state index contributed by atoms with van der Waals surface area (Å²) >= 11 is 0. The van der Waals surface area contributed by atoms with Crippen LogP contribution in [0.2, 0.25) is 0 Å². The summed E-state index contributed by atoms with van der Waals surface area (Å²) in [5.74, 6) is -0.0303. The number of hydrogen-bond acceptors (Lipinski definition) is 2. The molecule has 0 spiro atoms. The Bertz CT molecular complexity index is 843. The van der Waals surface area contributed by atoms with Crippen LogP contribution in [0.5, 0.6) is 0 Å². The fraction of sp³-hybridized carbons (Fsp3) is 0.238. The number of fused-ring (bicyclic) bond motifs is 1. The molecule has 0 bridgehead atoms. The molecule has 0 saturated heterocycles. The highest BCUT2D eigenvalue weighted by atomic mass is 16.1. The maximum absolute atomic E-state index is 12.7. The lowest BCUT2D eigenvalue weighted by Gasteiger charge is -2.15. The first-order chi connectivity index (χ1) is 11.6. The zero-order valence-corrected chi connectivity index (χ0v) is 14.1. The van der Waals surface area contributed by atoms with E-state index in [4.69, 9.17) is 0 Å². The molecule has 1 amide bonds. The molecule has 3 heteroatoms. The molecule has 0 aliphatic rings. The summed E-state index contributed by atoms with van der Waals surface area (Å²) in [6, 6.07) is 20.1. The van der Waals surface area contributed by atoms with Crippen molar-refractivity contribution in [1.82, 2.24) is 10.3 Å². The highest BCUT2D eigenvalue weighted by Gasteiger charge is 2.14. The average Bonchev–Trinajstić information content (AvgIpc) is 2.60. The SMILES string of the molecule is Cc1cc(C(=O)N[C@@H](C)CCc2ccccc2)c2ccccc2n1. The second-order valence-corrected chi connectivity index (χ2v) is 6.23. The maximum Gasteiger partial charge on any atom is 0.252 e. The Morgan fingerprint density at radius 3 is 2.58 bits per heavy atom. The molecular weight excluding hydrogens is 296 g/mol. The third-order valence-corrected chi connectivity index (χ3v) is 4.18. The number of pyridine rings is 1. The van der Waals surface area contributed by atoms with Crippen LogP contribution in [0.15, 0.2) is 60.7 Å². The minimum Gasteiger partial charge on any atom is -0.350 e. The van der Waals surface area contributed by atoms with E-state index in [0.29, 0.717) is 5.56 Å². The number of aryl methyl sites for hydroxylation is 2. The first-order valence-electron chi connectivity index (χ1n) is 8.34. The first-order valence-corrected chi connectivity index (χ1v) is 8.34. The summed E-state index contributed by atoms with van der Waals surface area (Å²) in [5, 5.41) is 4.02. The molecule has 0 unspecified atom stereocenters. The Morgan fingerprint density at radius 2 is 1.79 bits per heavy atom. The number of carbonyl (C=O) groups excluding carboxylic acids is 1. The van der Waals surface area contributed by atoms with Gasteiger partial charge in [0, 0.05) is 17.1 Å². The molecule has 0 radical (unpaired) electrons. The molecule has 1 atom stereocenters. The van der Waals surface area contributed by atoms with Crippen LogP contribution < -0.4 is 5.32 Å². The molecule has 1 N–H and O–H groups in total. The fourth-order valence-electron chi connectivity index (χ4n) is 2.90. The summed E-state index contributed by atoms with van der Waals surface area (Å²) in [6.45, 7) is 3.97. The second kappa shape index (κ2) is 7.26. The number of carbonyl (C=O) groups is 1. The molecule has 122 valence electrons. The molecule has 0 aliphatic carbocycles. The lowest BCUT2D eigenvalue weighted by atomic mass is 10.0. The quantitative estimate of drug-likeness (QED) is 0.762. The predicted octanol–water partition coefficient (Wildman–Crippen LogP) is 4.29. The van der Waals surface area contributed by atoms with E-state index in [1.807, 2.05) is 55.5 Å². The van der Waals surface area contributed by atoms with Crippen LogP contribution >= 0.6 is 0 Å². The van der Waals surface area contributed by atoms with Gasteiger partial charge in [-0.2, -0.15) is 0 Å². The molecule has 1 heterocycles. The molecular formula is C21H22N2O. The number of aromatic nitrogens is 1. The zero-order valence-electron chi connectivity index (χ0n) is 14.1. The highest BCUT2D eigenvalue weighted by Crippen LogP contribution is 2.18. The molecule has 3 rings (SSSR count). The van der Waals surface area contributed by atoms with E-state index in [1.54, 1.807) is 0 Å². The van der Waals surface area contributed by atoms with E-state index in [0.717, 1.165) is 29.4 Å². The van der Waals surface area contributed by atoms with Crippen molar-refractivity contribution in [1.29, 1.82) is 0 Å². The van der Waals surface area contributed by atoms with Gasteiger partial charge in [-0.15, -0.1) is 0 Å². The Labute approximate surface area is 142 Å². The van der Waals surface area contributed by atoms with Gasteiger partial charge in [-0.3, -0.25) is 9.78 Å². The summed E-state index contributed by atoms with van der Waals surface area (Å²) in [4.78, 5) is 17.2. The van der Waals surface area contributed by atoms with Gasteiger partial charge < -0.3 is 5.32 Å². The van der Waals surface area contributed by atoms with E-state index in [2.05, 4.69) is 29.4 Å². The van der Waals surface area contributed by atoms with E-state index >= 15 is 0 Å². The topological polar surface area (TPSA) is 42.0 Å². The highest BCUT2D eigenvalue weighted by molar-refractivity contribution is 6.06. The fourth-order valence-corrected chi connectivity index (χ4v) is 2.90. The molecule has 24 heavy (non-hydrogen) atoms. The van der Waals surface area contributed by atoms with Crippen molar-refractivity contribution < 1.29 is 4.79 Å². The lowest BCUT2D eigenvalue weighted by molar-refractivity contribution is 0.0940. The third-order valence-electron chi connectivity index (χ3n) is 4.18. The van der Waals surface area contributed by atoms with Gasteiger partial charge in [0.1, 0.15) is 0 Å². The van der Waals surface area contributed by atoms with Crippen LogP contribution in [-0.4, -0.2) is 16.9 Å². The molecule has 1 aromatic heterocycles. The van der Waals surface area contributed by atoms with Gasteiger partial charge in [0.25, 0.3) is 5.91 Å². The molecule has 2 aromatic carbocycles. The molecule has 3 aromatic rings. The van der Waals surface area contributed by atoms with Crippen molar-refractivity contribution in [3.8, 4) is 0 Å². The third kappa shape index (κ3) is 3.80. The predicted molar refractivity (Wildman–Crippen MR) is 98.2 cm³/mol. The van der Waals surface area contributed by atoms with Crippen molar-refractivity contribution in [2.45, 2.75) is 32.7 Å². The largest absolute Gasteiger partial charge is 0.350 e. The average molecular weight is 318 g/mol. The van der Waals surface area contributed by atoms with E-state index in [9.17, 15) is 4.79 Å². The number of para-hydroxylation sites is 1. The van der Waals surface area contributed by atoms with E-state index in [-0.39, 0.29) is 11.9 Å². The zero-order chi connectivity index (χ0) is 16.9. The number of amides is 1. The lowest BCUT2D eigenvalue weighted by Crippen LogP contribution is -2.33. The smallest absolute Gasteiger partial charge is 0.252 e. The summed E-state index contributed by atoms with van der Waals surface area (Å²) in [6.07, 6.45) is 1.87. The summed E-state index contributed by atoms with van der Waals surface area (Å²) in [7, 11) is 0. The standard InChI is InChI=1S/C21H22N2O/c1-15(12-13-17-8-4-3-5-9-17)23-21(24)19-14-16(2)22-20-11-7-6-10-18(19)20/h3-11,14-15H,12-13H2,1-2H3,(H,23,24)/t15-/m0/s1. The van der Waals surface area contributed by atoms with Crippen LogP contribution in [0.1, 0.15) is 35.0 Å². The maximum atomic E-state index is 12.7. The molecule has 0 saturated carbocycles. The minimum absolute atomic E-state index is 0.0303. The monoisotopic (exact) mass is 318 g/mol. The van der Waals surface area contributed by atoms with Crippen molar-refractivity contribution in [2.24, 2.45) is 0 Å². The summed E-state index contributed by atoms with van der Waals surface area (Å²) < 4.78 is 0. The second-order valence-electron chi connectivity index (χ2n) is 6.23. The summed E-state index contributed by atoms with van der Waals surface area (Å²) in [5.41, 5.74) is 3.71. The normalized spacial score (nSPS) is 12.1. The van der Waals surface area contributed by atoms with Crippen molar-refractivity contribution in [2.75, 3.05) is 0 Å². The number of nitrogens with one attached hydrogen (secondary N) is 1. The van der Waals surface area contributed by atoms with Gasteiger partial charge in [-0.05, 0) is 44.4 Å². The van der Waals surface area contributed by atoms with E-state index < -0.39 is 0 Å². The van der Waals surface area contributed by atoms with Crippen molar-refractivity contribution >= 4 is 16.8 Å². The van der Waals surface area contributed by atoms with Gasteiger partial charge in [0.15, 0.2) is 0 Å². The van der Waals surface area contributed by atoms with E-state index in [1.165, 1.54) is 5.56 Å². The number of nitrogens with zero attached hydrogens (tertiary/aromatic N) is 1. The minimum atomic E-state index is -0.0303. The van der Waals surface area contributed by atoms with Crippen LogP contribution in [0, 0.1) is 6.92 Å². The Kier molecular flexibility index (Phi) is 4.90. The molecule has 0 fully saturated rings.